The van der Waals surface area contributed by atoms with Gasteiger partial charge in [-0.3, -0.25) is 0 Å². The van der Waals surface area contributed by atoms with Crippen LogP contribution in [0.5, 0.6) is 0 Å². The molecule has 0 amide bonds. The van der Waals surface area contributed by atoms with Gasteiger partial charge in [-0.05, 0) is 51.8 Å². The van der Waals surface area contributed by atoms with Crippen molar-refractivity contribution in [2.45, 2.75) is 19.5 Å². The molecule has 0 fully saturated rings. The smallest absolute Gasteiger partial charge is 0.0230 e. The summed E-state index contributed by atoms with van der Waals surface area (Å²) in [5.41, 5.74) is 8.20. The predicted octanol–water partition coefficient (Wildman–Crippen LogP) is 1.53. The first-order valence-electron chi connectivity index (χ1n) is 6.23. The van der Waals surface area contributed by atoms with Crippen LogP contribution in [0, 0.1) is 0 Å². The van der Waals surface area contributed by atoms with E-state index in [1.165, 1.54) is 17.5 Å². The molecule has 96 valence electrons. The zero-order chi connectivity index (χ0) is 12.7. The average molecular weight is 235 g/mol. The van der Waals surface area contributed by atoms with Gasteiger partial charge in [-0.2, -0.15) is 0 Å². The Bertz CT molecular complexity index is 323. The van der Waals surface area contributed by atoms with E-state index in [0.29, 0.717) is 6.54 Å². The number of hydrogen-bond donors (Lipinski definition) is 1. The van der Waals surface area contributed by atoms with E-state index in [0.717, 1.165) is 19.6 Å². The van der Waals surface area contributed by atoms with Crippen molar-refractivity contribution in [3.05, 3.63) is 35.4 Å². The number of hydrogen-bond acceptors (Lipinski definition) is 3. The van der Waals surface area contributed by atoms with Gasteiger partial charge in [0, 0.05) is 13.1 Å². The summed E-state index contributed by atoms with van der Waals surface area (Å²) in [5, 5.41) is 0. The van der Waals surface area contributed by atoms with Crippen LogP contribution in [-0.4, -0.2) is 44.0 Å². The van der Waals surface area contributed by atoms with E-state index in [9.17, 15) is 0 Å². The highest BCUT2D eigenvalue weighted by molar-refractivity contribution is 5.23. The standard InChI is InChI=1S/C14H25N3/c1-16(2)8-5-9-17(3)12-14-7-4-6-13(10-14)11-15/h4,6-7,10H,5,8-9,11-12,15H2,1-3H3. The Morgan fingerprint density at radius 2 is 1.76 bits per heavy atom. The molecule has 17 heavy (non-hydrogen) atoms. The summed E-state index contributed by atoms with van der Waals surface area (Å²) in [4.78, 5) is 4.59. The molecule has 2 N–H and O–H groups in total. The van der Waals surface area contributed by atoms with Crippen LogP contribution in [0.25, 0.3) is 0 Å². The molecule has 0 atom stereocenters. The van der Waals surface area contributed by atoms with Crippen molar-refractivity contribution >= 4 is 0 Å². The van der Waals surface area contributed by atoms with Gasteiger partial charge >= 0.3 is 0 Å². The Morgan fingerprint density at radius 1 is 1.06 bits per heavy atom. The SMILES string of the molecule is CN(C)CCCN(C)Cc1cccc(CN)c1. The molecule has 0 saturated heterocycles. The van der Waals surface area contributed by atoms with Crippen molar-refractivity contribution in [2.24, 2.45) is 5.73 Å². The van der Waals surface area contributed by atoms with Gasteiger partial charge in [-0.25, -0.2) is 0 Å². The van der Waals surface area contributed by atoms with Crippen LogP contribution in [0.1, 0.15) is 17.5 Å². The van der Waals surface area contributed by atoms with Gasteiger partial charge in [0.05, 0.1) is 0 Å². The molecule has 0 unspecified atom stereocenters. The highest BCUT2D eigenvalue weighted by Gasteiger charge is 2.01. The first kappa shape index (κ1) is 14.2. The van der Waals surface area contributed by atoms with Crippen LogP contribution in [0.4, 0.5) is 0 Å². The Morgan fingerprint density at radius 3 is 2.41 bits per heavy atom. The van der Waals surface area contributed by atoms with E-state index >= 15 is 0 Å². The minimum absolute atomic E-state index is 0.623. The van der Waals surface area contributed by atoms with E-state index in [1.54, 1.807) is 0 Å². The number of nitrogens with two attached hydrogens (primary N) is 1. The molecule has 1 aromatic carbocycles. The van der Waals surface area contributed by atoms with Crippen LogP contribution >= 0.6 is 0 Å². The third kappa shape index (κ3) is 5.82. The molecule has 0 aromatic heterocycles. The second-order valence-electron chi connectivity index (χ2n) is 4.92. The van der Waals surface area contributed by atoms with Crippen LogP contribution in [0.3, 0.4) is 0 Å². The van der Waals surface area contributed by atoms with Crippen LogP contribution in [0.2, 0.25) is 0 Å². The predicted molar refractivity (Wildman–Crippen MR) is 73.8 cm³/mol. The summed E-state index contributed by atoms with van der Waals surface area (Å²) in [6, 6.07) is 8.53. The van der Waals surface area contributed by atoms with Gasteiger partial charge in [0.2, 0.25) is 0 Å². The molecule has 0 heterocycles. The Hall–Kier alpha value is -0.900. The minimum Gasteiger partial charge on any atom is -0.326 e. The molecule has 0 spiro atoms. The maximum atomic E-state index is 5.64. The maximum absolute atomic E-state index is 5.64. The molecule has 0 aliphatic heterocycles. The Labute approximate surface area is 105 Å². The first-order chi connectivity index (χ1) is 8.11. The highest BCUT2D eigenvalue weighted by atomic mass is 15.1. The topological polar surface area (TPSA) is 32.5 Å². The van der Waals surface area contributed by atoms with Crippen molar-refractivity contribution in [1.82, 2.24) is 9.80 Å². The molecule has 0 saturated carbocycles. The summed E-state index contributed by atoms with van der Waals surface area (Å²) >= 11 is 0. The monoisotopic (exact) mass is 235 g/mol. The van der Waals surface area contributed by atoms with Gasteiger partial charge < -0.3 is 15.5 Å². The Kier molecular flexibility index (Phi) is 6.19. The lowest BCUT2D eigenvalue weighted by Crippen LogP contribution is -2.23. The van der Waals surface area contributed by atoms with Gasteiger partial charge in [0.15, 0.2) is 0 Å². The van der Waals surface area contributed by atoms with Gasteiger partial charge in [0.25, 0.3) is 0 Å². The molecule has 3 heteroatoms. The fourth-order valence-electron chi connectivity index (χ4n) is 1.90. The maximum Gasteiger partial charge on any atom is 0.0230 e. The van der Waals surface area contributed by atoms with E-state index < -0.39 is 0 Å². The zero-order valence-corrected chi connectivity index (χ0v) is 11.3. The molecular formula is C14H25N3. The van der Waals surface area contributed by atoms with Gasteiger partial charge in [0.1, 0.15) is 0 Å². The zero-order valence-electron chi connectivity index (χ0n) is 11.3. The fraction of sp³-hybridized carbons (Fsp3) is 0.571. The lowest BCUT2D eigenvalue weighted by atomic mass is 10.1. The van der Waals surface area contributed by atoms with E-state index in [1.807, 2.05) is 0 Å². The number of benzene rings is 1. The third-order valence-corrected chi connectivity index (χ3v) is 2.82. The third-order valence-electron chi connectivity index (χ3n) is 2.82. The van der Waals surface area contributed by atoms with Crippen molar-refractivity contribution < 1.29 is 0 Å². The number of rotatable bonds is 7. The largest absolute Gasteiger partial charge is 0.326 e. The molecule has 1 aromatic rings. The molecule has 1 rings (SSSR count). The summed E-state index contributed by atoms with van der Waals surface area (Å²) in [6.45, 7) is 3.90. The molecule has 0 radical (unpaired) electrons. The van der Waals surface area contributed by atoms with Crippen molar-refractivity contribution in [1.29, 1.82) is 0 Å². The molecular weight excluding hydrogens is 210 g/mol. The highest BCUT2D eigenvalue weighted by Crippen LogP contribution is 2.07. The van der Waals surface area contributed by atoms with E-state index in [4.69, 9.17) is 5.73 Å². The summed E-state index contributed by atoms with van der Waals surface area (Å²) in [5.74, 6) is 0. The quantitative estimate of drug-likeness (QED) is 0.778. The van der Waals surface area contributed by atoms with Crippen LogP contribution < -0.4 is 5.73 Å². The van der Waals surface area contributed by atoms with Crippen molar-refractivity contribution in [2.75, 3.05) is 34.2 Å². The summed E-state index contributed by atoms with van der Waals surface area (Å²) < 4.78 is 0. The van der Waals surface area contributed by atoms with Crippen LogP contribution in [-0.2, 0) is 13.1 Å². The second kappa shape index (κ2) is 7.43. The first-order valence-corrected chi connectivity index (χ1v) is 6.23. The summed E-state index contributed by atoms with van der Waals surface area (Å²) in [7, 11) is 6.40. The second-order valence-corrected chi connectivity index (χ2v) is 4.92. The molecule has 0 bridgehead atoms. The van der Waals surface area contributed by atoms with Crippen molar-refractivity contribution in [3.63, 3.8) is 0 Å². The fourth-order valence-corrected chi connectivity index (χ4v) is 1.90. The van der Waals surface area contributed by atoms with Gasteiger partial charge in [-0.1, -0.05) is 24.3 Å². The van der Waals surface area contributed by atoms with Crippen molar-refractivity contribution in [3.8, 4) is 0 Å². The average Bonchev–Trinajstić information content (AvgIpc) is 2.28. The van der Waals surface area contributed by atoms with Crippen LogP contribution in [0.15, 0.2) is 24.3 Å². The van der Waals surface area contributed by atoms with E-state index in [-0.39, 0.29) is 0 Å². The normalized spacial score (nSPS) is 11.4. The van der Waals surface area contributed by atoms with E-state index in [2.05, 4.69) is 55.2 Å². The Balaban J connectivity index is 2.36. The molecule has 3 nitrogen and oxygen atoms in total. The molecule has 0 aliphatic carbocycles. The van der Waals surface area contributed by atoms with Gasteiger partial charge in [-0.15, -0.1) is 0 Å². The lowest BCUT2D eigenvalue weighted by molar-refractivity contribution is 0.294. The minimum atomic E-state index is 0.623. The molecule has 0 aliphatic rings. The number of nitrogens with zero attached hydrogens (tertiary/aromatic N) is 2. The lowest BCUT2D eigenvalue weighted by Gasteiger charge is -2.18. The summed E-state index contributed by atoms with van der Waals surface area (Å²) in [6.07, 6.45) is 1.21.